The number of para-hydroxylation sites is 1. The minimum absolute atomic E-state index is 0. The van der Waals surface area contributed by atoms with E-state index in [1.807, 2.05) is 54.6 Å². The second-order valence-corrected chi connectivity index (χ2v) is 19.6. The predicted molar refractivity (Wildman–Crippen MR) is 280 cm³/mol. The molecule has 343 valence electrons. The largest absolute Gasteiger partial charge is 0.501 e. The maximum Gasteiger partial charge on any atom is 0.121 e. The summed E-state index contributed by atoms with van der Waals surface area (Å²) in [6, 6.07) is 61.7. The van der Waals surface area contributed by atoms with Crippen LogP contribution in [0.1, 0.15) is 109 Å². The molecule has 0 N–H and O–H groups in total. The monoisotopic (exact) mass is 1070 g/mol. The maximum absolute atomic E-state index is 9.39. The molecule has 0 atom stereocenters. The molecule has 1 aliphatic carbocycles. The number of hydrogen-bond acceptors (Lipinski definition) is 3. The molecule has 1 saturated carbocycles. The van der Waals surface area contributed by atoms with Gasteiger partial charge in [0.15, 0.2) is 0 Å². The molecule has 3 heterocycles. The van der Waals surface area contributed by atoms with Gasteiger partial charge in [0.2, 0.25) is 0 Å². The van der Waals surface area contributed by atoms with Gasteiger partial charge in [-0.1, -0.05) is 143 Å². The molecule has 5 heteroatoms. The number of benzene rings is 7. The van der Waals surface area contributed by atoms with Crippen molar-refractivity contribution in [1.29, 1.82) is 0 Å². The standard InChI is InChI=1S/C52H51N2O.C11H8N.Ir/c1-32(2)44-29-40(37-21-19-36(20-22-37)38-25-27-52(6,7)28-26-38)30-45(33(3)4)49(44)54-48-34(5)13-11-18-46(48)53-51(54)43-17-12-16-42-41-24-23-39(31-47(41)55-50(42)43)35-14-9-8-10-15-35;1-2-6-10(7-3-1)11-8-4-5-9-12-11;/h8-16,18-24,29-33,38H,25-28H2,1-7H3;1-6,8-9H;/q2*-1;/i38D;;. The zero-order chi connectivity index (χ0) is 47.2. The summed E-state index contributed by atoms with van der Waals surface area (Å²) in [6.45, 7) is 16.1. The first kappa shape index (κ1) is 45.4. The van der Waals surface area contributed by atoms with Crippen LogP contribution < -0.4 is 0 Å². The maximum atomic E-state index is 9.39. The zero-order valence-electron chi connectivity index (χ0n) is 41.2. The molecule has 0 unspecified atom stereocenters. The first-order valence-electron chi connectivity index (χ1n) is 24.5. The average molecular weight is 1070 g/mol. The Morgan fingerprint density at radius 1 is 0.676 bits per heavy atom. The van der Waals surface area contributed by atoms with E-state index in [1.165, 1.54) is 33.5 Å². The first-order chi connectivity index (χ1) is 32.9. The Morgan fingerprint density at radius 2 is 1.37 bits per heavy atom. The Bertz CT molecular complexity index is 3310. The van der Waals surface area contributed by atoms with Crippen LogP contribution in [0.2, 0.25) is 0 Å². The van der Waals surface area contributed by atoms with Crippen molar-refractivity contribution >= 4 is 33.0 Å². The molecule has 0 spiro atoms. The zero-order valence-corrected chi connectivity index (χ0v) is 42.5. The number of aromatic nitrogens is 3. The summed E-state index contributed by atoms with van der Waals surface area (Å²) in [6.07, 6.45) is 5.81. The predicted octanol–water partition coefficient (Wildman–Crippen LogP) is 17.5. The van der Waals surface area contributed by atoms with E-state index in [0.29, 0.717) is 5.41 Å². The molecule has 68 heavy (non-hydrogen) atoms. The van der Waals surface area contributed by atoms with Gasteiger partial charge >= 0.3 is 0 Å². The third-order valence-electron chi connectivity index (χ3n) is 13.8. The quantitative estimate of drug-likeness (QED) is 0.142. The van der Waals surface area contributed by atoms with Crippen molar-refractivity contribution in [2.75, 3.05) is 0 Å². The van der Waals surface area contributed by atoms with Crippen LogP contribution in [-0.4, -0.2) is 14.5 Å². The minimum Gasteiger partial charge on any atom is -0.501 e. The van der Waals surface area contributed by atoms with E-state index in [4.69, 9.17) is 9.40 Å². The van der Waals surface area contributed by atoms with Gasteiger partial charge in [-0.15, -0.1) is 54.1 Å². The summed E-state index contributed by atoms with van der Waals surface area (Å²) in [5.74, 6) is 0.797. The number of pyridine rings is 1. The van der Waals surface area contributed by atoms with Crippen LogP contribution in [0, 0.1) is 24.5 Å². The summed E-state index contributed by atoms with van der Waals surface area (Å²) in [7, 11) is 0. The van der Waals surface area contributed by atoms with Gasteiger partial charge in [0.05, 0.1) is 22.4 Å². The molecule has 1 radical (unpaired) electrons. The Labute approximate surface area is 417 Å². The van der Waals surface area contributed by atoms with Gasteiger partial charge in [-0.05, 0) is 136 Å². The minimum atomic E-state index is -0.509. The number of furan rings is 1. The van der Waals surface area contributed by atoms with Crippen LogP contribution in [0.25, 0.3) is 83.6 Å². The van der Waals surface area contributed by atoms with Crippen LogP contribution in [0.15, 0.2) is 168 Å². The fourth-order valence-corrected chi connectivity index (χ4v) is 9.87. The number of imidazole rings is 1. The van der Waals surface area contributed by atoms with E-state index >= 15 is 0 Å². The summed E-state index contributed by atoms with van der Waals surface area (Å²) in [4.78, 5) is 9.63. The van der Waals surface area contributed by atoms with Gasteiger partial charge < -0.3 is 14.0 Å². The van der Waals surface area contributed by atoms with Crippen molar-refractivity contribution in [3.05, 3.63) is 198 Å². The van der Waals surface area contributed by atoms with Gasteiger partial charge in [-0.2, -0.15) is 0 Å². The van der Waals surface area contributed by atoms with Gasteiger partial charge in [-0.3, -0.25) is 4.98 Å². The molecule has 0 saturated heterocycles. The molecule has 1 aliphatic rings. The summed E-state index contributed by atoms with van der Waals surface area (Å²) in [5.41, 5.74) is 17.6. The van der Waals surface area contributed by atoms with E-state index in [2.05, 4.69) is 173 Å². The van der Waals surface area contributed by atoms with Crippen LogP contribution in [0.4, 0.5) is 0 Å². The molecule has 7 aromatic carbocycles. The molecule has 0 aliphatic heterocycles. The fraction of sp³-hybridized carbons (Fsp3) is 0.238. The number of fused-ring (bicyclic) bond motifs is 4. The number of hydrogen-bond donors (Lipinski definition) is 0. The molecule has 3 aromatic heterocycles. The number of aryl methyl sites for hydroxylation is 1. The van der Waals surface area contributed by atoms with Crippen LogP contribution in [0.3, 0.4) is 0 Å². The van der Waals surface area contributed by atoms with E-state index in [-0.39, 0.29) is 31.9 Å². The van der Waals surface area contributed by atoms with E-state index in [0.717, 1.165) is 98.0 Å². The van der Waals surface area contributed by atoms with Gasteiger partial charge in [-0.25, -0.2) is 0 Å². The third kappa shape index (κ3) is 9.27. The smallest absolute Gasteiger partial charge is 0.121 e. The molecular formula is C63H59IrN3O-2. The number of rotatable bonds is 8. The normalized spacial score (nSPS) is 14.5. The third-order valence-corrected chi connectivity index (χ3v) is 13.8. The molecule has 10 aromatic rings. The molecular weight excluding hydrogens is 1010 g/mol. The fourth-order valence-electron chi connectivity index (χ4n) is 9.87. The van der Waals surface area contributed by atoms with Crippen molar-refractivity contribution in [1.82, 2.24) is 14.5 Å². The second kappa shape index (κ2) is 19.7. The van der Waals surface area contributed by atoms with Gasteiger partial charge in [0.25, 0.3) is 0 Å². The van der Waals surface area contributed by atoms with Crippen LogP contribution in [0.5, 0.6) is 0 Å². The van der Waals surface area contributed by atoms with Gasteiger partial charge in [0.1, 0.15) is 5.58 Å². The van der Waals surface area contributed by atoms with Crippen molar-refractivity contribution in [2.45, 2.75) is 91.9 Å². The Morgan fingerprint density at radius 3 is 2.04 bits per heavy atom. The topological polar surface area (TPSA) is 43.9 Å². The van der Waals surface area contributed by atoms with Crippen molar-refractivity contribution in [3.8, 4) is 50.6 Å². The van der Waals surface area contributed by atoms with E-state index < -0.39 is 5.89 Å². The van der Waals surface area contributed by atoms with E-state index in [9.17, 15) is 1.37 Å². The van der Waals surface area contributed by atoms with Crippen LogP contribution in [-0.2, 0) is 20.1 Å². The summed E-state index contributed by atoms with van der Waals surface area (Å²) in [5, 5.41) is 2.14. The van der Waals surface area contributed by atoms with E-state index in [1.54, 1.807) is 6.20 Å². The van der Waals surface area contributed by atoms with Crippen molar-refractivity contribution in [3.63, 3.8) is 0 Å². The molecule has 4 nitrogen and oxygen atoms in total. The molecule has 11 rings (SSSR count). The Balaban J connectivity index is 0.000000397. The Hall–Kier alpha value is -6.39. The van der Waals surface area contributed by atoms with Crippen molar-refractivity contribution < 1.29 is 25.9 Å². The molecule has 1 fully saturated rings. The summed E-state index contributed by atoms with van der Waals surface area (Å²) >= 11 is 0. The Kier molecular flexibility index (Phi) is 13.1. The first-order valence-corrected chi connectivity index (χ1v) is 24.0. The SMILES string of the molecule is [2H]C1(c2ccc(-c3cc(C(C)C)c(-n4c(-c5[c-]ccc6c5oc5cc(-c7ccccc7)ccc56)nc5cccc(C)c54)c(C(C)C)c3)cc2)CCC(C)(C)CC1.[Ir].[c-]1ccccc1-c1ccccn1. The second-order valence-electron chi connectivity index (χ2n) is 19.6. The molecule has 0 amide bonds. The van der Waals surface area contributed by atoms with Crippen LogP contribution >= 0.6 is 0 Å². The van der Waals surface area contributed by atoms with Gasteiger partial charge in [0, 0.05) is 38.7 Å². The average Bonchev–Trinajstić information content (AvgIpc) is 3.95. The molecule has 0 bridgehead atoms. The summed E-state index contributed by atoms with van der Waals surface area (Å²) < 4.78 is 18.6. The van der Waals surface area contributed by atoms with Crippen molar-refractivity contribution in [2.24, 2.45) is 5.41 Å². The number of nitrogens with zero attached hydrogens (tertiary/aromatic N) is 3.